The lowest BCUT2D eigenvalue weighted by molar-refractivity contribution is -0.128. The van der Waals surface area contributed by atoms with Crippen LogP contribution < -0.4 is 9.47 Å². The molecule has 1 heterocycles. The Balaban J connectivity index is 1.49. The molecule has 0 aromatic heterocycles. The molecule has 1 aliphatic heterocycles. The number of carbonyl (C=O) groups excluding carboxylic acids is 1. The summed E-state index contributed by atoms with van der Waals surface area (Å²) in [5, 5.41) is 7.27. The van der Waals surface area contributed by atoms with Crippen LogP contribution in [0.25, 0.3) is 12.2 Å². The molecule has 2 atom stereocenters. The topological polar surface area (TPSA) is 51.1 Å². The number of ether oxygens (including phenoxy) is 2. The molecule has 0 radical (unpaired) electrons. The maximum Gasteiger partial charge on any atom is 0.267 e. The fraction of sp³-hybridized carbons (Fsp3) is 0.226. The molecule has 0 bridgehead atoms. The second-order valence-electron chi connectivity index (χ2n) is 9.21. The lowest BCUT2D eigenvalue weighted by Gasteiger charge is -2.29. The number of methoxy groups -OCH3 is 2. The summed E-state index contributed by atoms with van der Waals surface area (Å²) < 4.78 is 10.7. The van der Waals surface area contributed by atoms with E-state index in [-0.39, 0.29) is 17.9 Å². The van der Waals surface area contributed by atoms with Gasteiger partial charge in [0.1, 0.15) is 11.5 Å². The van der Waals surface area contributed by atoms with Crippen molar-refractivity contribution in [3.8, 4) is 11.5 Å². The van der Waals surface area contributed by atoms with Gasteiger partial charge in [0, 0.05) is 17.0 Å². The number of hydrogen-bond acceptors (Lipinski definition) is 4. The van der Waals surface area contributed by atoms with E-state index in [1.54, 1.807) is 31.4 Å². The lowest BCUT2D eigenvalue weighted by Crippen LogP contribution is -2.30. The lowest BCUT2D eigenvalue weighted by atomic mass is 9.77. The van der Waals surface area contributed by atoms with Crippen LogP contribution in [0.3, 0.4) is 0 Å². The van der Waals surface area contributed by atoms with Crippen LogP contribution in [0.4, 0.5) is 0 Å². The van der Waals surface area contributed by atoms with Crippen molar-refractivity contribution in [3.63, 3.8) is 0 Å². The SMILES string of the molecule is COc1ccc(C=C2CCCC3C2=NN(C(=O)C=Cc2ccc(Cl)cc2)C3c2ccc(OC)cc2)cc1. The number of rotatable bonds is 6. The molecule has 3 aromatic rings. The fourth-order valence-electron chi connectivity index (χ4n) is 5.04. The van der Waals surface area contributed by atoms with Crippen LogP contribution in [-0.4, -0.2) is 30.8 Å². The number of amides is 1. The molecule has 0 N–H and O–H groups in total. The van der Waals surface area contributed by atoms with Crippen molar-refractivity contribution in [1.82, 2.24) is 5.01 Å². The second kappa shape index (κ2) is 11.1. The van der Waals surface area contributed by atoms with Crippen molar-refractivity contribution < 1.29 is 14.3 Å². The molecule has 1 aliphatic carbocycles. The zero-order valence-electron chi connectivity index (χ0n) is 20.9. The van der Waals surface area contributed by atoms with Gasteiger partial charge in [0.05, 0.1) is 26.0 Å². The molecule has 188 valence electrons. The Kier molecular flexibility index (Phi) is 7.42. The van der Waals surface area contributed by atoms with E-state index >= 15 is 0 Å². The van der Waals surface area contributed by atoms with Crippen LogP contribution in [0.1, 0.15) is 42.0 Å². The van der Waals surface area contributed by atoms with E-state index in [2.05, 4.69) is 6.08 Å². The first kappa shape index (κ1) is 24.8. The largest absolute Gasteiger partial charge is 0.497 e. The summed E-state index contributed by atoms with van der Waals surface area (Å²) in [6.07, 6.45) is 8.53. The third-order valence-electron chi connectivity index (χ3n) is 6.93. The van der Waals surface area contributed by atoms with E-state index in [4.69, 9.17) is 26.2 Å². The van der Waals surface area contributed by atoms with Crippen LogP contribution in [0.5, 0.6) is 11.5 Å². The summed E-state index contributed by atoms with van der Waals surface area (Å²) in [6, 6.07) is 23.2. The molecule has 2 aliphatic rings. The summed E-state index contributed by atoms with van der Waals surface area (Å²) in [5.74, 6) is 1.58. The fourth-order valence-corrected chi connectivity index (χ4v) is 5.16. The first-order chi connectivity index (χ1) is 18.1. The van der Waals surface area contributed by atoms with Crippen molar-refractivity contribution in [1.29, 1.82) is 0 Å². The van der Waals surface area contributed by atoms with Gasteiger partial charge in [-0.3, -0.25) is 4.79 Å². The third-order valence-corrected chi connectivity index (χ3v) is 7.18. The smallest absolute Gasteiger partial charge is 0.267 e. The number of nitrogens with zero attached hydrogens (tertiary/aromatic N) is 2. The standard InChI is InChI=1S/C31H29ClN2O3/c1-36-26-15-8-22(9-16-26)20-24-4-3-5-28-30(24)33-34(31(28)23-11-17-27(37-2)18-12-23)29(35)19-10-21-6-13-25(32)14-7-21/h6-20,28,31H,3-5H2,1-2H3. The van der Waals surface area contributed by atoms with Crippen LogP contribution in [-0.2, 0) is 4.79 Å². The average molecular weight is 513 g/mol. The Bertz CT molecular complexity index is 1340. The third kappa shape index (κ3) is 5.47. The van der Waals surface area contributed by atoms with Gasteiger partial charge in [-0.1, -0.05) is 48.0 Å². The second-order valence-corrected chi connectivity index (χ2v) is 9.65. The number of hydrogen-bond donors (Lipinski definition) is 0. The van der Waals surface area contributed by atoms with Crippen molar-refractivity contribution in [2.45, 2.75) is 25.3 Å². The van der Waals surface area contributed by atoms with E-state index in [1.807, 2.05) is 72.8 Å². The molecule has 2 unspecified atom stereocenters. The molecule has 5 nitrogen and oxygen atoms in total. The Morgan fingerprint density at radius 3 is 2.19 bits per heavy atom. The number of carbonyl (C=O) groups is 1. The van der Waals surface area contributed by atoms with Gasteiger partial charge < -0.3 is 9.47 Å². The Hall–Kier alpha value is -3.83. The van der Waals surface area contributed by atoms with E-state index < -0.39 is 0 Å². The molecule has 1 saturated carbocycles. The summed E-state index contributed by atoms with van der Waals surface area (Å²) in [7, 11) is 3.32. The van der Waals surface area contributed by atoms with Crippen LogP contribution >= 0.6 is 11.6 Å². The zero-order chi connectivity index (χ0) is 25.8. The van der Waals surface area contributed by atoms with Crippen LogP contribution in [0, 0.1) is 5.92 Å². The van der Waals surface area contributed by atoms with Gasteiger partial charge in [-0.2, -0.15) is 5.10 Å². The molecule has 1 amide bonds. The maximum atomic E-state index is 13.5. The van der Waals surface area contributed by atoms with Crippen molar-refractivity contribution in [2.75, 3.05) is 14.2 Å². The zero-order valence-corrected chi connectivity index (χ0v) is 21.7. The normalized spacial score (nSPS) is 20.1. The Labute approximate surface area is 222 Å². The van der Waals surface area contributed by atoms with Crippen LogP contribution in [0.15, 0.2) is 89.5 Å². The highest BCUT2D eigenvalue weighted by Crippen LogP contribution is 2.44. The number of benzene rings is 3. The number of hydrazone groups is 1. The number of halogens is 1. The van der Waals surface area contributed by atoms with Crippen molar-refractivity contribution >= 4 is 35.4 Å². The van der Waals surface area contributed by atoms with E-state index in [1.165, 1.54) is 5.57 Å². The quantitative estimate of drug-likeness (QED) is 0.328. The monoisotopic (exact) mass is 512 g/mol. The van der Waals surface area contributed by atoms with Gasteiger partial charge in [-0.05, 0) is 90.1 Å². The van der Waals surface area contributed by atoms with Gasteiger partial charge in [-0.25, -0.2) is 5.01 Å². The van der Waals surface area contributed by atoms with Gasteiger partial charge in [-0.15, -0.1) is 0 Å². The van der Waals surface area contributed by atoms with E-state index in [0.717, 1.165) is 53.2 Å². The minimum Gasteiger partial charge on any atom is -0.497 e. The van der Waals surface area contributed by atoms with Crippen molar-refractivity contribution in [3.05, 3.63) is 106 Å². The Morgan fingerprint density at radius 1 is 0.919 bits per heavy atom. The van der Waals surface area contributed by atoms with Gasteiger partial charge in [0.2, 0.25) is 0 Å². The molecular formula is C31H29ClN2O3. The summed E-state index contributed by atoms with van der Waals surface area (Å²) >= 11 is 6.01. The van der Waals surface area contributed by atoms with Gasteiger partial charge >= 0.3 is 0 Å². The highest BCUT2D eigenvalue weighted by molar-refractivity contribution is 6.30. The van der Waals surface area contributed by atoms with Crippen molar-refractivity contribution in [2.24, 2.45) is 11.0 Å². The molecule has 3 aromatic carbocycles. The molecule has 1 fully saturated rings. The van der Waals surface area contributed by atoms with E-state index in [0.29, 0.717) is 5.02 Å². The van der Waals surface area contributed by atoms with Crippen LogP contribution in [0.2, 0.25) is 5.02 Å². The number of allylic oxidation sites excluding steroid dienone is 1. The maximum absolute atomic E-state index is 13.5. The first-order valence-corrected chi connectivity index (χ1v) is 12.8. The predicted octanol–water partition coefficient (Wildman–Crippen LogP) is 7.19. The minimum absolute atomic E-state index is 0.125. The predicted molar refractivity (Wildman–Crippen MR) is 149 cm³/mol. The molecule has 0 spiro atoms. The number of fused-ring (bicyclic) bond motifs is 1. The van der Waals surface area contributed by atoms with Gasteiger partial charge in [0.25, 0.3) is 5.91 Å². The molecule has 37 heavy (non-hydrogen) atoms. The van der Waals surface area contributed by atoms with Gasteiger partial charge in [0.15, 0.2) is 0 Å². The van der Waals surface area contributed by atoms with E-state index in [9.17, 15) is 4.79 Å². The Morgan fingerprint density at radius 2 is 1.54 bits per heavy atom. The summed E-state index contributed by atoms with van der Waals surface area (Å²) in [6.45, 7) is 0. The molecule has 6 heteroatoms. The molecule has 0 saturated heterocycles. The molecule has 5 rings (SSSR count). The minimum atomic E-state index is -0.178. The highest BCUT2D eigenvalue weighted by Gasteiger charge is 2.43. The average Bonchev–Trinajstić information content (AvgIpc) is 3.34. The highest BCUT2D eigenvalue weighted by atomic mass is 35.5. The summed E-state index contributed by atoms with van der Waals surface area (Å²) in [4.78, 5) is 13.5. The molecular weight excluding hydrogens is 484 g/mol. The first-order valence-electron chi connectivity index (χ1n) is 12.4. The summed E-state index contributed by atoms with van der Waals surface area (Å²) in [5.41, 5.74) is 5.21.